The molecule has 0 aliphatic carbocycles. The smallest absolute Gasteiger partial charge is 0.237 e. The highest BCUT2D eigenvalue weighted by Crippen LogP contribution is 2.26. The molecule has 3 rings (SSSR count). The molecule has 1 heterocycles. The van der Waals surface area contributed by atoms with Crippen LogP contribution < -0.4 is 5.32 Å². The second kappa shape index (κ2) is 7.70. The molecule has 26 heavy (non-hydrogen) atoms. The molecule has 0 aliphatic heterocycles. The quantitative estimate of drug-likeness (QED) is 0.666. The Morgan fingerprint density at radius 3 is 2.77 bits per heavy atom. The lowest BCUT2D eigenvalue weighted by atomic mass is 10.2. The lowest BCUT2D eigenvalue weighted by Crippen LogP contribution is -2.23. The number of rotatable bonds is 5. The summed E-state index contributed by atoms with van der Waals surface area (Å²) in [6.45, 7) is 3.71. The van der Waals surface area contributed by atoms with E-state index in [1.807, 2.05) is 42.0 Å². The van der Waals surface area contributed by atoms with Gasteiger partial charge in [-0.25, -0.2) is 13.8 Å². The first-order chi connectivity index (χ1) is 12.4. The molecule has 0 bridgehead atoms. The van der Waals surface area contributed by atoms with Crippen LogP contribution in [0.1, 0.15) is 12.5 Å². The van der Waals surface area contributed by atoms with Crippen LogP contribution in [-0.2, 0) is 4.79 Å². The summed E-state index contributed by atoms with van der Waals surface area (Å²) in [5.74, 6) is -1.89. The molecule has 3 aromatic rings. The van der Waals surface area contributed by atoms with Gasteiger partial charge >= 0.3 is 0 Å². The maximum absolute atomic E-state index is 13.7. The Labute approximate surface area is 154 Å². The van der Waals surface area contributed by atoms with Crippen molar-refractivity contribution in [3.63, 3.8) is 0 Å². The van der Waals surface area contributed by atoms with Gasteiger partial charge in [-0.2, -0.15) is 0 Å². The summed E-state index contributed by atoms with van der Waals surface area (Å²) >= 11 is 1.26. The van der Waals surface area contributed by atoms with Gasteiger partial charge < -0.3 is 5.32 Å². The van der Waals surface area contributed by atoms with Gasteiger partial charge in [0.2, 0.25) is 5.91 Å². The molecule has 0 radical (unpaired) electrons. The SMILES string of the molecule is Cc1cccc(-n2ccnc2SC(C)C(=O)Nc2ccc(F)cc2F)c1. The fourth-order valence-electron chi connectivity index (χ4n) is 2.39. The van der Waals surface area contributed by atoms with E-state index in [0.29, 0.717) is 5.16 Å². The number of nitrogens with one attached hydrogen (secondary N) is 1. The molecule has 1 N–H and O–H groups in total. The molecule has 2 aromatic carbocycles. The van der Waals surface area contributed by atoms with Crippen molar-refractivity contribution in [3.8, 4) is 5.69 Å². The number of halogens is 2. The van der Waals surface area contributed by atoms with Crippen LogP contribution in [0, 0.1) is 18.6 Å². The standard InChI is InChI=1S/C19H17F2N3OS/c1-12-4-3-5-15(10-12)24-9-8-22-19(24)26-13(2)18(25)23-17-7-6-14(20)11-16(17)21/h3-11,13H,1-2H3,(H,23,25). The number of hydrogen-bond donors (Lipinski definition) is 1. The molecular formula is C19H17F2N3OS. The number of aromatic nitrogens is 2. The fourth-order valence-corrected chi connectivity index (χ4v) is 3.27. The molecule has 0 aliphatic rings. The molecule has 1 aromatic heterocycles. The summed E-state index contributed by atoms with van der Waals surface area (Å²) in [6.07, 6.45) is 3.48. The summed E-state index contributed by atoms with van der Waals surface area (Å²) in [4.78, 5) is 16.7. The van der Waals surface area contributed by atoms with Crippen LogP contribution in [0.5, 0.6) is 0 Å². The molecule has 0 spiro atoms. The number of carbonyl (C=O) groups excluding carboxylic acids is 1. The number of hydrogen-bond acceptors (Lipinski definition) is 3. The lowest BCUT2D eigenvalue weighted by molar-refractivity contribution is -0.115. The van der Waals surface area contributed by atoms with Gasteiger partial charge in [0.25, 0.3) is 0 Å². The normalized spacial score (nSPS) is 12.0. The number of amides is 1. The summed E-state index contributed by atoms with van der Waals surface area (Å²) in [7, 11) is 0. The number of aryl methyl sites for hydroxylation is 1. The number of nitrogens with zero attached hydrogens (tertiary/aromatic N) is 2. The summed E-state index contributed by atoms with van der Waals surface area (Å²) < 4.78 is 28.5. The number of carbonyl (C=O) groups is 1. The Morgan fingerprint density at radius 1 is 1.23 bits per heavy atom. The minimum Gasteiger partial charge on any atom is -0.323 e. The van der Waals surface area contributed by atoms with E-state index in [1.54, 1.807) is 13.1 Å². The molecule has 1 atom stereocenters. The average molecular weight is 373 g/mol. The largest absolute Gasteiger partial charge is 0.323 e. The minimum absolute atomic E-state index is 0.0501. The second-order valence-electron chi connectivity index (χ2n) is 5.79. The predicted octanol–water partition coefficient (Wildman–Crippen LogP) is 4.58. The zero-order valence-corrected chi connectivity index (χ0v) is 15.1. The van der Waals surface area contributed by atoms with E-state index in [1.165, 1.54) is 17.8 Å². The third-order valence-electron chi connectivity index (χ3n) is 3.73. The van der Waals surface area contributed by atoms with Gasteiger partial charge in [-0.15, -0.1) is 0 Å². The van der Waals surface area contributed by atoms with Gasteiger partial charge in [0.05, 0.1) is 10.9 Å². The van der Waals surface area contributed by atoms with E-state index < -0.39 is 16.9 Å². The molecule has 4 nitrogen and oxygen atoms in total. The maximum atomic E-state index is 13.7. The lowest BCUT2D eigenvalue weighted by Gasteiger charge is -2.14. The van der Waals surface area contributed by atoms with E-state index in [9.17, 15) is 13.6 Å². The van der Waals surface area contributed by atoms with E-state index >= 15 is 0 Å². The highest BCUT2D eigenvalue weighted by Gasteiger charge is 2.19. The molecule has 1 amide bonds. The highest BCUT2D eigenvalue weighted by molar-refractivity contribution is 8.00. The first-order valence-electron chi connectivity index (χ1n) is 7.97. The first kappa shape index (κ1) is 18.1. The van der Waals surface area contributed by atoms with Crippen LogP contribution >= 0.6 is 11.8 Å². The Morgan fingerprint density at radius 2 is 2.04 bits per heavy atom. The summed E-state index contributed by atoms with van der Waals surface area (Å²) in [6, 6.07) is 11.0. The predicted molar refractivity (Wildman–Crippen MR) is 98.6 cm³/mol. The third-order valence-corrected chi connectivity index (χ3v) is 4.81. The second-order valence-corrected chi connectivity index (χ2v) is 7.10. The van der Waals surface area contributed by atoms with Gasteiger partial charge in [0.1, 0.15) is 11.6 Å². The molecular weight excluding hydrogens is 356 g/mol. The van der Waals surface area contributed by atoms with Crippen molar-refractivity contribution in [2.24, 2.45) is 0 Å². The Bertz CT molecular complexity index is 942. The topological polar surface area (TPSA) is 46.9 Å². The van der Waals surface area contributed by atoms with Gasteiger partial charge in [0.15, 0.2) is 5.16 Å². The van der Waals surface area contributed by atoms with Crippen LogP contribution in [0.25, 0.3) is 5.69 Å². The van der Waals surface area contributed by atoms with Crippen LogP contribution in [0.3, 0.4) is 0 Å². The van der Waals surface area contributed by atoms with Crippen molar-refractivity contribution in [2.75, 3.05) is 5.32 Å². The molecule has 7 heteroatoms. The summed E-state index contributed by atoms with van der Waals surface area (Å²) in [5.41, 5.74) is 2.01. The molecule has 1 unspecified atom stereocenters. The van der Waals surface area contributed by atoms with Gasteiger partial charge in [-0.1, -0.05) is 23.9 Å². The molecule has 0 fully saturated rings. The minimum atomic E-state index is -0.809. The van der Waals surface area contributed by atoms with Crippen molar-refractivity contribution in [3.05, 3.63) is 72.1 Å². The molecule has 0 saturated carbocycles. The Hall–Kier alpha value is -2.67. The number of anilines is 1. The molecule has 0 saturated heterocycles. The molecule has 134 valence electrons. The van der Waals surface area contributed by atoms with Crippen molar-refractivity contribution >= 4 is 23.4 Å². The van der Waals surface area contributed by atoms with Crippen molar-refractivity contribution < 1.29 is 13.6 Å². The van der Waals surface area contributed by atoms with Crippen LogP contribution in [0.4, 0.5) is 14.5 Å². The number of benzene rings is 2. The first-order valence-corrected chi connectivity index (χ1v) is 8.85. The van der Waals surface area contributed by atoms with Crippen LogP contribution in [-0.4, -0.2) is 20.7 Å². The number of imidazole rings is 1. The maximum Gasteiger partial charge on any atom is 0.237 e. The van der Waals surface area contributed by atoms with E-state index in [0.717, 1.165) is 23.4 Å². The monoisotopic (exact) mass is 373 g/mol. The fraction of sp³-hybridized carbons (Fsp3) is 0.158. The zero-order valence-electron chi connectivity index (χ0n) is 14.2. The van der Waals surface area contributed by atoms with Crippen LogP contribution in [0.2, 0.25) is 0 Å². The Kier molecular flexibility index (Phi) is 5.37. The van der Waals surface area contributed by atoms with Crippen molar-refractivity contribution in [1.82, 2.24) is 9.55 Å². The van der Waals surface area contributed by atoms with E-state index in [4.69, 9.17) is 0 Å². The average Bonchev–Trinajstić information content (AvgIpc) is 3.05. The van der Waals surface area contributed by atoms with Crippen molar-refractivity contribution in [2.45, 2.75) is 24.3 Å². The van der Waals surface area contributed by atoms with Gasteiger partial charge in [-0.3, -0.25) is 9.36 Å². The van der Waals surface area contributed by atoms with Gasteiger partial charge in [-0.05, 0) is 43.7 Å². The van der Waals surface area contributed by atoms with E-state index in [2.05, 4.69) is 10.3 Å². The zero-order chi connectivity index (χ0) is 18.7. The highest BCUT2D eigenvalue weighted by atomic mass is 32.2. The van der Waals surface area contributed by atoms with E-state index in [-0.39, 0.29) is 11.6 Å². The number of thioether (sulfide) groups is 1. The van der Waals surface area contributed by atoms with Crippen LogP contribution in [0.15, 0.2) is 60.0 Å². The summed E-state index contributed by atoms with van der Waals surface area (Å²) in [5, 5.41) is 2.61. The third kappa shape index (κ3) is 4.11. The van der Waals surface area contributed by atoms with Gasteiger partial charge in [0, 0.05) is 24.1 Å². The Balaban J connectivity index is 1.73. The van der Waals surface area contributed by atoms with Crippen molar-refractivity contribution in [1.29, 1.82) is 0 Å².